The first-order chi connectivity index (χ1) is 8.97. The summed E-state index contributed by atoms with van der Waals surface area (Å²) in [5.41, 5.74) is 7.14. The van der Waals surface area contributed by atoms with Gasteiger partial charge in [-0.1, -0.05) is 12.1 Å². The number of hydrogen-bond donors (Lipinski definition) is 4. The number of benzene rings is 1. The first-order valence-electron chi connectivity index (χ1n) is 5.94. The number of rotatable bonds is 7. The molecule has 19 heavy (non-hydrogen) atoms. The zero-order valence-corrected chi connectivity index (χ0v) is 10.6. The van der Waals surface area contributed by atoms with Crippen molar-refractivity contribution in [2.24, 2.45) is 11.6 Å². The molecular weight excluding hydrogens is 246 g/mol. The van der Waals surface area contributed by atoms with Crippen LogP contribution in [0.5, 0.6) is 5.75 Å². The summed E-state index contributed by atoms with van der Waals surface area (Å²) in [5.74, 6) is 5.08. The zero-order valence-electron chi connectivity index (χ0n) is 10.6. The number of phenols is 1. The topological polar surface area (TPSA) is 113 Å². The minimum Gasteiger partial charge on any atom is -0.508 e. The second-order valence-corrected chi connectivity index (χ2v) is 4.25. The molecule has 104 valence electrons. The van der Waals surface area contributed by atoms with Crippen LogP contribution in [0.4, 0.5) is 0 Å². The number of hydrazine groups is 1. The van der Waals surface area contributed by atoms with Crippen LogP contribution >= 0.6 is 0 Å². The van der Waals surface area contributed by atoms with Crippen molar-refractivity contribution in [2.75, 3.05) is 6.54 Å². The molecule has 0 aliphatic heterocycles. The molecule has 1 aromatic carbocycles. The van der Waals surface area contributed by atoms with Gasteiger partial charge in [-0.15, -0.1) is 0 Å². The van der Waals surface area contributed by atoms with Crippen LogP contribution in [0.25, 0.3) is 0 Å². The second kappa shape index (κ2) is 7.27. The third kappa shape index (κ3) is 6.32. The molecule has 0 aromatic heterocycles. The Morgan fingerprint density at radius 3 is 2.47 bits per heavy atom. The van der Waals surface area contributed by atoms with Crippen LogP contribution in [-0.4, -0.2) is 27.7 Å². The third-order valence-corrected chi connectivity index (χ3v) is 2.55. The second-order valence-electron chi connectivity index (χ2n) is 4.25. The van der Waals surface area contributed by atoms with Gasteiger partial charge < -0.3 is 21.0 Å². The van der Waals surface area contributed by atoms with E-state index in [-0.39, 0.29) is 18.6 Å². The largest absolute Gasteiger partial charge is 0.508 e. The Bertz CT molecular complexity index is 443. The first-order valence-corrected chi connectivity index (χ1v) is 5.94. The fraction of sp³-hybridized carbons (Fsp3) is 0.308. The molecule has 0 amide bonds. The minimum absolute atomic E-state index is 0.00582. The maximum atomic E-state index is 10.4. The minimum atomic E-state index is -0.885. The molecule has 0 radical (unpaired) electrons. The van der Waals surface area contributed by atoms with Gasteiger partial charge in [-0.2, -0.15) is 0 Å². The van der Waals surface area contributed by atoms with Crippen LogP contribution in [0.15, 0.2) is 36.2 Å². The van der Waals surface area contributed by atoms with Gasteiger partial charge in [-0.3, -0.25) is 4.79 Å². The van der Waals surface area contributed by atoms with E-state index in [0.717, 1.165) is 5.56 Å². The number of aliphatic carboxylic acids is 1. The number of nitrogens with zero attached hydrogens (tertiary/aromatic N) is 1. The van der Waals surface area contributed by atoms with Gasteiger partial charge in [0.2, 0.25) is 0 Å². The molecule has 0 fully saturated rings. The predicted molar refractivity (Wildman–Crippen MR) is 71.8 cm³/mol. The molecule has 6 heteroatoms. The summed E-state index contributed by atoms with van der Waals surface area (Å²) in [6.45, 7) is 0.554. The summed E-state index contributed by atoms with van der Waals surface area (Å²) < 4.78 is 0. The van der Waals surface area contributed by atoms with Crippen LogP contribution in [0, 0.1) is 0 Å². The molecule has 0 atom stereocenters. The van der Waals surface area contributed by atoms with Crippen molar-refractivity contribution in [3.63, 3.8) is 0 Å². The highest BCUT2D eigenvalue weighted by molar-refractivity contribution is 5.66. The highest BCUT2D eigenvalue weighted by Crippen LogP contribution is 2.10. The molecule has 0 aliphatic carbocycles. The van der Waals surface area contributed by atoms with Crippen LogP contribution in [0.3, 0.4) is 0 Å². The number of nitrogens with two attached hydrogens (primary N) is 2. The summed E-state index contributed by atoms with van der Waals surface area (Å²) in [7, 11) is 0. The van der Waals surface area contributed by atoms with E-state index < -0.39 is 5.97 Å². The summed E-state index contributed by atoms with van der Waals surface area (Å²) in [4.78, 5) is 10.4. The maximum Gasteiger partial charge on any atom is 0.303 e. The maximum absolute atomic E-state index is 10.4. The van der Waals surface area contributed by atoms with Crippen molar-refractivity contribution in [3.8, 4) is 5.75 Å². The first kappa shape index (κ1) is 14.8. The zero-order chi connectivity index (χ0) is 14.3. The van der Waals surface area contributed by atoms with Crippen molar-refractivity contribution in [1.29, 1.82) is 0 Å². The summed E-state index contributed by atoms with van der Waals surface area (Å²) >= 11 is 0. The lowest BCUT2D eigenvalue weighted by Crippen LogP contribution is -2.28. The lowest BCUT2D eigenvalue weighted by atomic mass is 10.1. The Balaban J connectivity index is 2.38. The average Bonchev–Trinajstić information content (AvgIpc) is 2.36. The van der Waals surface area contributed by atoms with Gasteiger partial charge in [0.25, 0.3) is 0 Å². The molecule has 0 unspecified atom stereocenters. The molecule has 1 rings (SSSR count). The van der Waals surface area contributed by atoms with Gasteiger partial charge in [0.05, 0.1) is 6.42 Å². The van der Waals surface area contributed by atoms with E-state index in [1.165, 1.54) is 5.01 Å². The lowest BCUT2D eigenvalue weighted by Gasteiger charge is -2.14. The predicted octanol–water partition coefficient (Wildman–Crippen LogP) is 0.775. The standard InChI is InChI=1S/C13H19N3O3/c14-11(3-6-13(18)19)9-16(15)8-7-10-1-4-12(17)5-2-10/h1-2,4-5,9,17H,3,6-8,14-15H2,(H,18,19)/b11-9-. The molecule has 0 aliphatic rings. The number of allylic oxidation sites excluding steroid dienone is 1. The Morgan fingerprint density at radius 1 is 1.26 bits per heavy atom. The van der Waals surface area contributed by atoms with Crippen LogP contribution in [0.1, 0.15) is 18.4 Å². The monoisotopic (exact) mass is 265 g/mol. The van der Waals surface area contributed by atoms with Crippen LogP contribution in [-0.2, 0) is 11.2 Å². The van der Waals surface area contributed by atoms with E-state index in [1.807, 2.05) is 12.1 Å². The normalized spacial score (nSPS) is 11.3. The SMILES string of the molecule is N/C(=C\N(N)CCc1ccc(O)cc1)CCC(=O)O. The fourth-order valence-corrected chi connectivity index (χ4v) is 1.51. The number of carboxylic acids is 1. The van der Waals surface area contributed by atoms with Gasteiger partial charge >= 0.3 is 5.97 Å². The molecule has 0 spiro atoms. The quantitative estimate of drug-likeness (QED) is 0.428. The molecule has 6 nitrogen and oxygen atoms in total. The number of phenolic OH excluding ortho intramolecular Hbond substituents is 1. The fourth-order valence-electron chi connectivity index (χ4n) is 1.51. The summed E-state index contributed by atoms with van der Waals surface area (Å²) in [6.07, 6.45) is 2.53. The molecular formula is C13H19N3O3. The van der Waals surface area contributed by atoms with Crippen LogP contribution in [0.2, 0.25) is 0 Å². The lowest BCUT2D eigenvalue weighted by molar-refractivity contribution is -0.136. The molecule has 0 bridgehead atoms. The van der Waals surface area contributed by atoms with Gasteiger partial charge in [-0.05, 0) is 30.5 Å². The number of carbonyl (C=O) groups is 1. The van der Waals surface area contributed by atoms with Gasteiger partial charge in [0, 0.05) is 18.4 Å². The smallest absolute Gasteiger partial charge is 0.303 e. The number of carboxylic acid groups (broad SMARTS) is 1. The van der Waals surface area contributed by atoms with Crippen LogP contribution < -0.4 is 11.6 Å². The van der Waals surface area contributed by atoms with Gasteiger partial charge in [0.15, 0.2) is 0 Å². The van der Waals surface area contributed by atoms with E-state index in [1.54, 1.807) is 18.3 Å². The Morgan fingerprint density at radius 2 is 1.89 bits per heavy atom. The highest BCUT2D eigenvalue weighted by Gasteiger charge is 2.01. The number of aromatic hydroxyl groups is 1. The van der Waals surface area contributed by atoms with Crippen molar-refractivity contribution >= 4 is 5.97 Å². The highest BCUT2D eigenvalue weighted by atomic mass is 16.4. The Kier molecular flexibility index (Phi) is 5.69. The summed E-state index contributed by atoms with van der Waals surface area (Å²) in [5, 5.41) is 19.1. The van der Waals surface area contributed by atoms with E-state index in [0.29, 0.717) is 18.7 Å². The van der Waals surface area contributed by atoms with Gasteiger partial charge in [-0.25, -0.2) is 5.84 Å². The Hall–Kier alpha value is -2.21. The molecule has 0 heterocycles. The van der Waals surface area contributed by atoms with E-state index in [4.69, 9.17) is 21.8 Å². The Labute approximate surface area is 111 Å². The summed E-state index contributed by atoms with van der Waals surface area (Å²) in [6, 6.07) is 6.88. The molecule has 1 aromatic rings. The average molecular weight is 265 g/mol. The van der Waals surface area contributed by atoms with Crippen molar-refractivity contribution in [1.82, 2.24) is 5.01 Å². The molecule has 0 saturated heterocycles. The van der Waals surface area contributed by atoms with Crippen molar-refractivity contribution in [2.45, 2.75) is 19.3 Å². The van der Waals surface area contributed by atoms with Crippen molar-refractivity contribution < 1.29 is 15.0 Å². The molecule has 0 saturated carbocycles. The van der Waals surface area contributed by atoms with Gasteiger partial charge in [0.1, 0.15) is 5.75 Å². The van der Waals surface area contributed by atoms with E-state index in [9.17, 15) is 4.79 Å². The third-order valence-electron chi connectivity index (χ3n) is 2.55. The van der Waals surface area contributed by atoms with Crippen molar-refractivity contribution in [3.05, 3.63) is 41.7 Å². The molecule has 6 N–H and O–H groups in total. The van der Waals surface area contributed by atoms with E-state index in [2.05, 4.69) is 0 Å². The number of hydrogen-bond acceptors (Lipinski definition) is 5. The van der Waals surface area contributed by atoms with E-state index >= 15 is 0 Å².